The van der Waals surface area contributed by atoms with E-state index in [1.54, 1.807) is 30.5 Å². The summed E-state index contributed by atoms with van der Waals surface area (Å²) in [6.07, 6.45) is -4.06. The van der Waals surface area contributed by atoms with Crippen LogP contribution in [-0.4, -0.2) is 36.7 Å². The molecular weight excluding hydrogens is 421 g/mol. The number of ether oxygens (including phenoxy) is 1. The zero-order valence-corrected chi connectivity index (χ0v) is 16.8. The fraction of sp³-hybridized carbons (Fsp3) is 0.250. The quantitative estimate of drug-likeness (QED) is 0.578. The monoisotopic (exact) mass is 438 g/mol. The second-order valence-corrected chi connectivity index (χ2v) is 7.30. The number of nitrogens with zero attached hydrogens (tertiary/aromatic N) is 1. The molecule has 1 N–H and O–H groups in total. The average molecular weight is 438 g/mol. The van der Waals surface area contributed by atoms with Crippen LogP contribution in [0.4, 0.5) is 24.5 Å². The Kier molecular flexibility index (Phi) is 6.06. The van der Waals surface area contributed by atoms with Crippen molar-refractivity contribution in [2.75, 3.05) is 23.0 Å². The molecule has 0 aliphatic carbocycles. The summed E-state index contributed by atoms with van der Waals surface area (Å²) in [6, 6.07) is 9.40. The molecule has 1 unspecified atom stereocenters. The number of rotatable bonds is 4. The lowest BCUT2D eigenvalue weighted by atomic mass is 10.1. The van der Waals surface area contributed by atoms with Crippen molar-refractivity contribution in [1.29, 1.82) is 0 Å². The Hall–Kier alpha value is -3.01. The lowest BCUT2D eigenvalue weighted by molar-refractivity contribution is -0.137. The van der Waals surface area contributed by atoms with Gasteiger partial charge in [-0.25, -0.2) is 4.79 Å². The number of benzene rings is 2. The molecule has 2 aromatic carbocycles. The minimum absolute atomic E-state index is 0.0972. The summed E-state index contributed by atoms with van der Waals surface area (Å²) in [5.74, 6) is -2.09. The first-order valence-electron chi connectivity index (χ1n) is 8.78. The van der Waals surface area contributed by atoms with Crippen LogP contribution in [-0.2, 0) is 20.5 Å². The molecule has 1 atom stereocenters. The van der Waals surface area contributed by atoms with Gasteiger partial charge in [0, 0.05) is 4.90 Å². The van der Waals surface area contributed by atoms with Crippen molar-refractivity contribution in [3.05, 3.63) is 53.6 Å². The highest BCUT2D eigenvalue weighted by Gasteiger charge is 2.35. The van der Waals surface area contributed by atoms with Gasteiger partial charge in [0.15, 0.2) is 6.10 Å². The van der Waals surface area contributed by atoms with E-state index in [9.17, 15) is 27.6 Å². The summed E-state index contributed by atoms with van der Waals surface area (Å²) >= 11 is 1.34. The van der Waals surface area contributed by atoms with Crippen molar-refractivity contribution < 1.29 is 32.3 Å². The molecule has 1 aliphatic rings. The van der Waals surface area contributed by atoms with Gasteiger partial charge >= 0.3 is 12.1 Å². The first-order valence-corrected chi connectivity index (χ1v) is 10.0. The molecule has 0 bridgehead atoms. The van der Waals surface area contributed by atoms with Crippen LogP contribution in [0.25, 0.3) is 0 Å². The molecule has 30 heavy (non-hydrogen) atoms. The number of alkyl halides is 3. The highest BCUT2D eigenvalue weighted by atomic mass is 32.2. The highest BCUT2D eigenvalue weighted by molar-refractivity contribution is 7.98. The minimum atomic E-state index is -4.60. The largest absolute Gasteiger partial charge is 0.449 e. The first kappa shape index (κ1) is 21.7. The van der Waals surface area contributed by atoms with Gasteiger partial charge in [0.25, 0.3) is 5.91 Å². The van der Waals surface area contributed by atoms with Crippen molar-refractivity contribution in [1.82, 2.24) is 0 Å². The van der Waals surface area contributed by atoms with Gasteiger partial charge in [0.1, 0.15) is 6.54 Å². The van der Waals surface area contributed by atoms with Crippen LogP contribution in [0.3, 0.4) is 0 Å². The van der Waals surface area contributed by atoms with Crippen LogP contribution in [0.5, 0.6) is 0 Å². The Labute approximate surface area is 174 Å². The molecule has 6 nitrogen and oxygen atoms in total. The maximum atomic E-state index is 13.0. The van der Waals surface area contributed by atoms with E-state index in [0.29, 0.717) is 4.90 Å². The summed E-state index contributed by atoms with van der Waals surface area (Å²) in [5, 5.41) is 2.33. The normalized spacial score (nSPS) is 14.6. The number of thioether (sulfide) groups is 1. The molecular formula is C20H17F3N2O4S. The topological polar surface area (TPSA) is 75.7 Å². The standard InChI is InChI=1S/C20H17F3N2O4S/c1-11(29-19(28)13-5-3-4-6-16(13)30-2)18(27)25-10-17(26)24-14-9-12(20(21,22)23)7-8-15(14)25/h3-9,11H,10H2,1-2H3,(H,24,26). The number of carbonyl (C=O) groups is 3. The minimum Gasteiger partial charge on any atom is -0.449 e. The molecule has 10 heteroatoms. The molecule has 1 aliphatic heterocycles. The lowest BCUT2D eigenvalue weighted by Gasteiger charge is -2.31. The van der Waals surface area contributed by atoms with Crippen LogP contribution in [0.2, 0.25) is 0 Å². The highest BCUT2D eigenvalue weighted by Crippen LogP contribution is 2.37. The number of hydrogen-bond donors (Lipinski definition) is 1. The van der Waals surface area contributed by atoms with Gasteiger partial charge in [-0.2, -0.15) is 13.2 Å². The number of carbonyl (C=O) groups excluding carboxylic acids is 3. The molecule has 3 rings (SSSR count). The zero-order valence-electron chi connectivity index (χ0n) is 15.9. The Balaban J connectivity index is 1.83. The smallest absolute Gasteiger partial charge is 0.416 e. The van der Waals surface area contributed by atoms with E-state index in [-0.39, 0.29) is 16.9 Å². The van der Waals surface area contributed by atoms with Crippen molar-refractivity contribution in [2.45, 2.75) is 24.1 Å². The lowest BCUT2D eigenvalue weighted by Crippen LogP contribution is -2.47. The van der Waals surface area contributed by atoms with E-state index in [1.165, 1.54) is 18.7 Å². The third kappa shape index (κ3) is 4.43. The Morgan fingerprint density at radius 3 is 2.57 bits per heavy atom. The van der Waals surface area contributed by atoms with Crippen molar-refractivity contribution in [3.63, 3.8) is 0 Å². The van der Waals surface area contributed by atoms with Gasteiger partial charge in [-0.1, -0.05) is 12.1 Å². The van der Waals surface area contributed by atoms with E-state index in [2.05, 4.69) is 5.32 Å². The van der Waals surface area contributed by atoms with Crippen LogP contribution < -0.4 is 10.2 Å². The number of halogens is 3. The molecule has 0 spiro atoms. The molecule has 0 aromatic heterocycles. The Bertz CT molecular complexity index is 1010. The summed E-state index contributed by atoms with van der Waals surface area (Å²) in [5.41, 5.74) is -0.707. The Morgan fingerprint density at radius 2 is 1.90 bits per heavy atom. The predicted molar refractivity (Wildman–Crippen MR) is 106 cm³/mol. The second-order valence-electron chi connectivity index (χ2n) is 6.45. The molecule has 0 saturated heterocycles. The van der Waals surface area contributed by atoms with Crippen LogP contribution >= 0.6 is 11.8 Å². The van der Waals surface area contributed by atoms with E-state index < -0.39 is 42.2 Å². The number of nitrogens with one attached hydrogen (secondary N) is 1. The second kappa shape index (κ2) is 8.39. The van der Waals surface area contributed by atoms with E-state index in [4.69, 9.17) is 4.74 Å². The molecule has 0 radical (unpaired) electrons. The van der Waals surface area contributed by atoms with Gasteiger partial charge in [-0.05, 0) is 43.5 Å². The third-order valence-corrected chi connectivity index (χ3v) is 5.21. The first-order chi connectivity index (χ1) is 14.1. The van der Waals surface area contributed by atoms with Gasteiger partial charge in [0.2, 0.25) is 5.91 Å². The summed E-state index contributed by atoms with van der Waals surface area (Å²) in [7, 11) is 0. The van der Waals surface area contributed by atoms with Crippen LogP contribution in [0, 0.1) is 0 Å². The van der Waals surface area contributed by atoms with Gasteiger partial charge < -0.3 is 10.1 Å². The number of anilines is 2. The average Bonchev–Trinajstić information content (AvgIpc) is 2.71. The van der Waals surface area contributed by atoms with Crippen LogP contribution in [0.1, 0.15) is 22.8 Å². The summed E-state index contributed by atoms with van der Waals surface area (Å²) in [6.45, 7) is 0.943. The van der Waals surface area contributed by atoms with E-state index >= 15 is 0 Å². The van der Waals surface area contributed by atoms with Gasteiger partial charge in [0.05, 0.1) is 22.5 Å². The van der Waals surface area contributed by atoms with Gasteiger partial charge in [-0.15, -0.1) is 11.8 Å². The maximum absolute atomic E-state index is 13.0. The zero-order chi connectivity index (χ0) is 22.1. The number of hydrogen-bond acceptors (Lipinski definition) is 5. The SMILES string of the molecule is CSc1ccccc1C(=O)OC(C)C(=O)N1CC(=O)Nc2cc(C(F)(F)F)ccc21. The molecule has 0 saturated carbocycles. The predicted octanol–water partition coefficient (Wildman–Crippen LogP) is 3.96. The van der Waals surface area contributed by atoms with Crippen molar-refractivity contribution >= 4 is 40.9 Å². The summed E-state index contributed by atoms with van der Waals surface area (Å²) in [4.78, 5) is 39.0. The molecule has 2 amide bonds. The van der Waals surface area contributed by atoms with Crippen molar-refractivity contribution in [2.24, 2.45) is 0 Å². The van der Waals surface area contributed by atoms with E-state index in [1.807, 2.05) is 0 Å². The molecule has 1 heterocycles. The molecule has 2 aromatic rings. The van der Waals surface area contributed by atoms with Crippen LogP contribution in [0.15, 0.2) is 47.4 Å². The fourth-order valence-electron chi connectivity index (χ4n) is 2.97. The number of esters is 1. The summed E-state index contributed by atoms with van der Waals surface area (Å²) < 4.78 is 44.1. The van der Waals surface area contributed by atoms with E-state index in [0.717, 1.165) is 23.1 Å². The maximum Gasteiger partial charge on any atom is 0.416 e. The Morgan fingerprint density at radius 1 is 1.20 bits per heavy atom. The number of fused-ring (bicyclic) bond motifs is 1. The molecule has 0 fully saturated rings. The third-order valence-electron chi connectivity index (χ3n) is 4.41. The fourth-order valence-corrected chi connectivity index (χ4v) is 3.56. The van der Waals surface area contributed by atoms with Gasteiger partial charge in [-0.3, -0.25) is 14.5 Å². The molecule has 158 valence electrons. The number of amides is 2. The van der Waals surface area contributed by atoms with Crippen molar-refractivity contribution in [3.8, 4) is 0 Å².